The fourth-order valence-electron chi connectivity index (χ4n) is 2.52. The predicted molar refractivity (Wildman–Crippen MR) is 88.5 cm³/mol. The topological polar surface area (TPSA) is 24.9 Å². The Labute approximate surface area is 126 Å². The third-order valence-electron chi connectivity index (χ3n) is 3.62. The van der Waals surface area contributed by atoms with Gasteiger partial charge in [-0.25, -0.2) is 4.98 Å². The van der Waals surface area contributed by atoms with E-state index in [1.165, 1.54) is 21.6 Å². The Hall–Kier alpha value is -1.19. The largest absolute Gasteiger partial charge is 0.309 e. The molecule has 108 valence electrons. The van der Waals surface area contributed by atoms with Gasteiger partial charge in [0.05, 0.1) is 5.69 Å². The summed E-state index contributed by atoms with van der Waals surface area (Å²) in [5.74, 6) is 0. The SMILES string of the molecule is CCCNC(C)c1sc(-c2c(C)cccc2C)nc1C. The van der Waals surface area contributed by atoms with Crippen LogP contribution >= 0.6 is 11.3 Å². The van der Waals surface area contributed by atoms with Crippen molar-refractivity contribution in [1.82, 2.24) is 10.3 Å². The summed E-state index contributed by atoms with van der Waals surface area (Å²) in [6.45, 7) is 11.9. The van der Waals surface area contributed by atoms with Gasteiger partial charge < -0.3 is 5.32 Å². The van der Waals surface area contributed by atoms with Gasteiger partial charge in [0, 0.05) is 16.5 Å². The first-order valence-corrected chi connectivity index (χ1v) is 8.13. The molecule has 0 aliphatic rings. The molecule has 1 unspecified atom stereocenters. The molecule has 0 saturated heterocycles. The van der Waals surface area contributed by atoms with Crippen LogP contribution in [0.5, 0.6) is 0 Å². The van der Waals surface area contributed by atoms with E-state index in [2.05, 4.69) is 58.1 Å². The molecule has 20 heavy (non-hydrogen) atoms. The minimum atomic E-state index is 0.380. The molecule has 2 aromatic rings. The molecule has 1 N–H and O–H groups in total. The zero-order valence-electron chi connectivity index (χ0n) is 13.1. The highest BCUT2D eigenvalue weighted by molar-refractivity contribution is 7.15. The fraction of sp³-hybridized carbons (Fsp3) is 0.471. The lowest BCUT2D eigenvalue weighted by Crippen LogP contribution is -2.18. The van der Waals surface area contributed by atoms with E-state index >= 15 is 0 Å². The number of hydrogen-bond donors (Lipinski definition) is 1. The van der Waals surface area contributed by atoms with Crippen molar-refractivity contribution >= 4 is 11.3 Å². The molecule has 0 spiro atoms. The fourth-order valence-corrected chi connectivity index (χ4v) is 3.79. The van der Waals surface area contributed by atoms with E-state index in [9.17, 15) is 0 Å². The summed E-state index contributed by atoms with van der Waals surface area (Å²) in [5.41, 5.74) is 5.07. The Morgan fingerprint density at radius 3 is 2.45 bits per heavy atom. The van der Waals surface area contributed by atoms with Gasteiger partial charge >= 0.3 is 0 Å². The zero-order chi connectivity index (χ0) is 14.7. The van der Waals surface area contributed by atoms with Crippen LogP contribution < -0.4 is 5.32 Å². The second-order valence-electron chi connectivity index (χ2n) is 5.41. The Morgan fingerprint density at radius 2 is 1.85 bits per heavy atom. The van der Waals surface area contributed by atoms with E-state index in [1.54, 1.807) is 0 Å². The predicted octanol–water partition coefficient (Wildman–Crippen LogP) is 4.80. The summed E-state index contributed by atoms with van der Waals surface area (Å²) < 4.78 is 0. The Kier molecular flexibility index (Phi) is 4.95. The number of aryl methyl sites for hydroxylation is 3. The van der Waals surface area contributed by atoms with Crippen molar-refractivity contribution in [2.45, 2.75) is 47.1 Å². The van der Waals surface area contributed by atoms with Gasteiger partial charge in [-0.1, -0.05) is 25.1 Å². The van der Waals surface area contributed by atoms with Gasteiger partial charge in [-0.15, -0.1) is 11.3 Å². The van der Waals surface area contributed by atoms with Crippen molar-refractivity contribution in [2.24, 2.45) is 0 Å². The highest BCUT2D eigenvalue weighted by Crippen LogP contribution is 2.35. The molecule has 1 atom stereocenters. The van der Waals surface area contributed by atoms with Gasteiger partial charge in [0.1, 0.15) is 5.01 Å². The molecule has 1 heterocycles. The number of nitrogens with zero attached hydrogens (tertiary/aromatic N) is 1. The molecule has 1 aromatic carbocycles. The van der Waals surface area contributed by atoms with Crippen LogP contribution in [0.25, 0.3) is 10.6 Å². The third-order valence-corrected chi connectivity index (χ3v) is 4.98. The zero-order valence-corrected chi connectivity index (χ0v) is 13.9. The van der Waals surface area contributed by atoms with Crippen LogP contribution in [0.15, 0.2) is 18.2 Å². The summed E-state index contributed by atoms with van der Waals surface area (Å²) >= 11 is 1.83. The molecule has 0 aliphatic heterocycles. The van der Waals surface area contributed by atoms with E-state index in [0.29, 0.717) is 6.04 Å². The molecular weight excluding hydrogens is 264 g/mol. The lowest BCUT2D eigenvalue weighted by atomic mass is 10.0. The molecule has 0 radical (unpaired) electrons. The summed E-state index contributed by atoms with van der Waals surface area (Å²) in [7, 11) is 0. The van der Waals surface area contributed by atoms with Crippen molar-refractivity contribution in [3.05, 3.63) is 39.9 Å². The molecule has 1 aromatic heterocycles. The number of thiazole rings is 1. The number of aromatic nitrogens is 1. The number of rotatable bonds is 5. The van der Waals surface area contributed by atoms with E-state index in [4.69, 9.17) is 4.98 Å². The summed E-state index contributed by atoms with van der Waals surface area (Å²) in [4.78, 5) is 6.17. The molecule has 3 heteroatoms. The van der Waals surface area contributed by atoms with Crippen molar-refractivity contribution in [3.63, 3.8) is 0 Å². The molecule has 0 bridgehead atoms. The molecular formula is C17H24N2S. The maximum atomic E-state index is 4.81. The molecule has 0 saturated carbocycles. The van der Waals surface area contributed by atoms with Gasteiger partial charge in [0.15, 0.2) is 0 Å². The first-order chi connectivity index (χ1) is 9.54. The van der Waals surface area contributed by atoms with Crippen molar-refractivity contribution in [1.29, 1.82) is 0 Å². The smallest absolute Gasteiger partial charge is 0.124 e. The average Bonchev–Trinajstić information content (AvgIpc) is 2.77. The number of nitrogens with one attached hydrogen (secondary N) is 1. The quantitative estimate of drug-likeness (QED) is 0.855. The minimum absolute atomic E-state index is 0.380. The number of hydrogen-bond acceptors (Lipinski definition) is 3. The van der Waals surface area contributed by atoms with Crippen LogP contribution in [0.3, 0.4) is 0 Å². The van der Waals surface area contributed by atoms with Gasteiger partial charge in [-0.3, -0.25) is 0 Å². The van der Waals surface area contributed by atoms with Gasteiger partial charge in [-0.05, 0) is 51.8 Å². The van der Waals surface area contributed by atoms with E-state index < -0.39 is 0 Å². The van der Waals surface area contributed by atoms with E-state index in [-0.39, 0.29) is 0 Å². The van der Waals surface area contributed by atoms with Gasteiger partial charge in [0.25, 0.3) is 0 Å². The highest BCUT2D eigenvalue weighted by Gasteiger charge is 2.16. The first-order valence-electron chi connectivity index (χ1n) is 7.31. The lowest BCUT2D eigenvalue weighted by Gasteiger charge is -2.11. The normalized spacial score (nSPS) is 12.7. The monoisotopic (exact) mass is 288 g/mol. The van der Waals surface area contributed by atoms with Crippen molar-refractivity contribution in [3.8, 4) is 10.6 Å². The summed E-state index contributed by atoms with van der Waals surface area (Å²) in [6.07, 6.45) is 1.16. The second-order valence-corrected chi connectivity index (χ2v) is 6.44. The van der Waals surface area contributed by atoms with Crippen LogP contribution in [0.2, 0.25) is 0 Å². The maximum Gasteiger partial charge on any atom is 0.124 e. The average molecular weight is 288 g/mol. The van der Waals surface area contributed by atoms with Crippen molar-refractivity contribution in [2.75, 3.05) is 6.54 Å². The minimum Gasteiger partial charge on any atom is -0.309 e. The molecule has 0 amide bonds. The second kappa shape index (κ2) is 6.51. The molecule has 0 aliphatic carbocycles. The molecule has 0 fully saturated rings. The molecule has 2 nitrogen and oxygen atoms in total. The molecule has 2 rings (SSSR count). The Morgan fingerprint density at radius 1 is 1.20 bits per heavy atom. The number of benzene rings is 1. The van der Waals surface area contributed by atoms with Crippen LogP contribution in [-0.4, -0.2) is 11.5 Å². The third kappa shape index (κ3) is 3.10. The van der Waals surface area contributed by atoms with E-state index in [0.717, 1.165) is 23.7 Å². The summed E-state index contributed by atoms with van der Waals surface area (Å²) in [5, 5.41) is 4.70. The Balaban J connectivity index is 2.36. The van der Waals surface area contributed by atoms with E-state index in [1.807, 2.05) is 11.3 Å². The van der Waals surface area contributed by atoms with Gasteiger partial charge in [-0.2, -0.15) is 0 Å². The standard InChI is InChI=1S/C17H24N2S/c1-6-10-18-13(4)16-14(5)19-17(20-16)15-11(2)8-7-9-12(15)3/h7-9,13,18H,6,10H2,1-5H3. The van der Waals surface area contributed by atoms with Crippen molar-refractivity contribution < 1.29 is 0 Å². The highest BCUT2D eigenvalue weighted by atomic mass is 32.1. The lowest BCUT2D eigenvalue weighted by molar-refractivity contribution is 0.575. The van der Waals surface area contributed by atoms with Crippen LogP contribution in [0.1, 0.15) is 48.0 Å². The van der Waals surface area contributed by atoms with Gasteiger partial charge in [0.2, 0.25) is 0 Å². The van der Waals surface area contributed by atoms with Crippen LogP contribution in [-0.2, 0) is 0 Å². The maximum absolute atomic E-state index is 4.81. The summed E-state index contributed by atoms with van der Waals surface area (Å²) in [6, 6.07) is 6.82. The Bertz CT molecular complexity index is 566. The van der Waals surface area contributed by atoms with Crippen LogP contribution in [0, 0.1) is 20.8 Å². The first kappa shape index (κ1) is 15.2. The van der Waals surface area contributed by atoms with Crippen LogP contribution in [0.4, 0.5) is 0 Å².